The van der Waals surface area contributed by atoms with E-state index in [-0.39, 0.29) is 0 Å². The number of ether oxygens (including phenoxy) is 1. The maximum Gasteiger partial charge on any atom is 0.205 e. The lowest BCUT2D eigenvalue weighted by molar-refractivity contribution is 0.415. The number of hydrogen-bond acceptors (Lipinski definition) is 4. The molecule has 0 bridgehead atoms. The molecule has 0 saturated heterocycles. The van der Waals surface area contributed by atoms with Gasteiger partial charge in [0.1, 0.15) is 5.75 Å². The van der Waals surface area contributed by atoms with Crippen LogP contribution in [0.25, 0.3) is 10.8 Å². The maximum atomic E-state index is 5.21. The topological polar surface area (TPSA) is 47.9 Å². The number of rotatable bonds is 1. The average molecular weight is 261 g/mol. The van der Waals surface area contributed by atoms with E-state index in [2.05, 4.69) is 26.8 Å². The van der Waals surface area contributed by atoms with Gasteiger partial charge in [0.25, 0.3) is 0 Å². The van der Waals surface area contributed by atoms with Crippen LogP contribution in [0.15, 0.2) is 49.1 Å². The highest BCUT2D eigenvalue weighted by Crippen LogP contribution is 2.22. The lowest BCUT2D eigenvalue weighted by Crippen LogP contribution is -1.88. The zero-order valence-corrected chi connectivity index (χ0v) is 10.9. The molecule has 96 valence electrons. The number of benzene rings is 1. The van der Waals surface area contributed by atoms with Gasteiger partial charge in [0.05, 0.1) is 12.7 Å². The van der Waals surface area contributed by atoms with Gasteiger partial charge in [-0.2, -0.15) is 0 Å². The molecule has 0 aliphatic rings. The van der Waals surface area contributed by atoms with Crippen molar-refractivity contribution >= 4 is 10.8 Å². The van der Waals surface area contributed by atoms with E-state index in [4.69, 9.17) is 4.74 Å². The number of pyridine rings is 1. The third-order valence-corrected chi connectivity index (χ3v) is 2.84. The molecule has 20 heavy (non-hydrogen) atoms. The summed E-state index contributed by atoms with van der Waals surface area (Å²) in [4.78, 5) is 12.4. The van der Waals surface area contributed by atoms with E-state index in [9.17, 15) is 0 Å². The second-order valence-electron chi connectivity index (χ2n) is 4.10. The summed E-state index contributed by atoms with van der Waals surface area (Å²) in [5.41, 5.74) is 0.845. The smallest absolute Gasteiger partial charge is 0.205 e. The van der Waals surface area contributed by atoms with Crippen molar-refractivity contribution in [2.24, 2.45) is 0 Å². The molecule has 0 atom stereocenters. The first-order valence-electron chi connectivity index (χ1n) is 6.07. The summed E-state index contributed by atoms with van der Waals surface area (Å²) >= 11 is 0. The molecule has 0 amide bonds. The van der Waals surface area contributed by atoms with Crippen LogP contribution in [0.4, 0.5) is 0 Å². The average Bonchev–Trinajstić information content (AvgIpc) is 2.53. The Kier molecular flexibility index (Phi) is 3.25. The molecule has 2 aromatic heterocycles. The molecule has 0 aliphatic heterocycles. The first kappa shape index (κ1) is 12.1. The Morgan fingerprint density at radius 1 is 1.05 bits per heavy atom. The van der Waals surface area contributed by atoms with Gasteiger partial charge in [0, 0.05) is 35.6 Å². The molecule has 0 radical (unpaired) electrons. The fourth-order valence-electron chi connectivity index (χ4n) is 1.87. The number of aromatic nitrogens is 3. The molecule has 0 unspecified atom stereocenters. The van der Waals surface area contributed by atoms with Crippen molar-refractivity contribution in [2.45, 2.75) is 0 Å². The normalized spacial score (nSPS) is 9.85. The van der Waals surface area contributed by atoms with E-state index in [1.54, 1.807) is 38.0 Å². The van der Waals surface area contributed by atoms with Crippen molar-refractivity contribution in [3.63, 3.8) is 0 Å². The van der Waals surface area contributed by atoms with Crippen molar-refractivity contribution in [1.82, 2.24) is 15.0 Å². The zero-order valence-electron chi connectivity index (χ0n) is 10.9. The third kappa shape index (κ3) is 2.43. The summed E-state index contributed by atoms with van der Waals surface area (Å²) in [6, 6.07) is 7.59. The first-order chi connectivity index (χ1) is 9.86. The molecule has 0 aliphatic carbocycles. The second-order valence-corrected chi connectivity index (χ2v) is 4.10. The van der Waals surface area contributed by atoms with Gasteiger partial charge in [-0.25, -0.2) is 9.97 Å². The van der Waals surface area contributed by atoms with E-state index in [1.165, 1.54) is 0 Å². The molecular formula is C16H11N3O. The Morgan fingerprint density at radius 3 is 2.70 bits per heavy atom. The molecule has 0 spiro atoms. The van der Waals surface area contributed by atoms with Crippen LogP contribution in [0.5, 0.6) is 5.75 Å². The van der Waals surface area contributed by atoms with Crippen molar-refractivity contribution < 1.29 is 4.74 Å². The minimum Gasteiger partial charge on any atom is -0.497 e. The SMILES string of the molecule is COc1ccc2c(C#Cc3ncccn3)cncc2c1. The Bertz CT molecular complexity index is 804. The largest absolute Gasteiger partial charge is 0.497 e. The molecule has 4 nitrogen and oxygen atoms in total. The van der Waals surface area contributed by atoms with Gasteiger partial charge in [-0.3, -0.25) is 4.98 Å². The van der Waals surface area contributed by atoms with E-state index < -0.39 is 0 Å². The van der Waals surface area contributed by atoms with Crippen LogP contribution in [-0.4, -0.2) is 22.1 Å². The molecule has 2 heterocycles. The highest BCUT2D eigenvalue weighted by Gasteiger charge is 2.01. The van der Waals surface area contributed by atoms with E-state index in [0.717, 1.165) is 22.1 Å². The summed E-state index contributed by atoms with van der Waals surface area (Å²) in [6.07, 6.45) is 6.87. The lowest BCUT2D eigenvalue weighted by atomic mass is 10.1. The van der Waals surface area contributed by atoms with Crippen LogP contribution < -0.4 is 4.74 Å². The quantitative estimate of drug-likeness (QED) is 0.631. The summed E-state index contributed by atoms with van der Waals surface area (Å²) in [6.45, 7) is 0. The van der Waals surface area contributed by atoms with Crippen molar-refractivity contribution in [3.8, 4) is 17.6 Å². The Labute approximate surface area is 116 Å². The minimum absolute atomic E-state index is 0.498. The van der Waals surface area contributed by atoms with Gasteiger partial charge in [0.2, 0.25) is 5.82 Å². The van der Waals surface area contributed by atoms with Gasteiger partial charge in [-0.1, -0.05) is 5.92 Å². The maximum absolute atomic E-state index is 5.21. The summed E-state index contributed by atoms with van der Waals surface area (Å²) in [5.74, 6) is 7.30. The predicted molar refractivity (Wildman–Crippen MR) is 76.3 cm³/mol. The Morgan fingerprint density at radius 2 is 1.90 bits per heavy atom. The molecule has 3 aromatic rings. The fourth-order valence-corrected chi connectivity index (χ4v) is 1.87. The molecule has 0 fully saturated rings. The Balaban J connectivity index is 2.07. The van der Waals surface area contributed by atoms with E-state index in [1.807, 2.05) is 18.2 Å². The number of nitrogens with zero attached hydrogens (tertiary/aromatic N) is 3. The van der Waals surface area contributed by atoms with Gasteiger partial charge in [0.15, 0.2) is 0 Å². The second kappa shape index (κ2) is 5.37. The monoisotopic (exact) mass is 261 g/mol. The van der Waals surface area contributed by atoms with Gasteiger partial charge in [-0.15, -0.1) is 0 Å². The van der Waals surface area contributed by atoms with Crippen LogP contribution >= 0.6 is 0 Å². The lowest BCUT2D eigenvalue weighted by Gasteiger charge is -2.03. The summed E-state index contributed by atoms with van der Waals surface area (Å²) in [7, 11) is 1.64. The molecule has 4 heteroatoms. The van der Waals surface area contributed by atoms with Crippen LogP contribution in [0.3, 0.4) is 0 Å². The van der Waals surface area contributed by atoms with Gasteiger partial charge >= 0.3 is 0 Å². The van der Waals surface area contributed by atoms with E-state index in [0.29, 0.717) is 5.82 Å². The number of hydrogen-bond donors (Lipinski definition) is 0. The van der Waals surface area contributed by atoms with Crippen molar-refractivity contribution in [2.75, 3.05) is 7.11 Å². The highest BCUT2D eigenvalue weighted by atomic mass is 16.5. The van der Waals surface area contributed by atoms with E-state index >= 15 is 0 Å². The number of fused-ring (bicyclic) bond motifs is 1. The standard InChI is InChI=1S/C16H11N3O/c1-20-14-4-5-15-12(10-17-11-13(15)9-14)3-6-16-18-7-2-8-19-16/h2,4-5,7-11H,1H3. The molecule has 0 N–H and O–H groups in total. The van der Waals surface area contributed by atoms with Gasteiger partial charge in [-0.05, 0) is 30.2 Å². The molecule has 3 rings (SSSR count). The first-order valence-corrected chi connectivity index (χ1v) is 6.07. The van der Waals surface area contributed by atoms with Crippen LogP contribution in [-0.2, 0) is 0 Å². The molecular weight excluding hydrogens is 250 g/mol. The van der Waals surface area contributed by atoms with Crippen LogP contribution in [0, 0.1) is 11.8 Å². The highest BCUT2D eigenvalue weighted by molar-refractivity contribution is 5.88. The fraction of sp³-hybridized carbons (Fsp3) is 0.0625. The number of methoxy groups -OCH3 is 1. The van der Waals surface area contributed by atoms with Crippen LogP contribution in [0.2, 0.25) is 0 Å². The van der Waals surface area contributed by atoms with Crippen LogP contribution in [0.1, 0.15) is 11.4 Å². The summed E-state index contributed by atoms with van der Waals surface area (Å²) < 4.78 is 5.21. The van der Waals surface area contributed by atoms with Gasteiger partial charge < -0.3 is 4.74 Å². The summed E-state index contributed by atoms with van der Waals surface area (Å²) in [5, 5.41) is 2.02. The van der Waals surface area contributed by atoms with Crippen molar-refractivity contribution in [3.05, 3.63) is 60.4 Å². The molecule has 1 aromatic carbocycles. The van der Waals surface area contributed by atoms with Crippen molar-refractivity contribution in [1.29, 1.82) is 0 Å². The Hall–Kier alpha value is -2.93. The third-order valence-electron chi connectivity index (χ3n) is 2.84. The molecule has 0 saturated carbocycles. The minimum atomic E-state index is 0.498. The predicted octanol–water partition coefficient (Wildman–Crippen LogP) is 2.43. The zero-order chi connectivity index (χ0) is 13.8.